The number of hydrogen-bond donors (Lipinski definition) is 1. The van der Waals surface area contributed by atoms with Crippen LogP contribution in [0.25, 0.3) is 0 Å². The Labute approximate surface area is 91.4 Å². The van der Waals surface area contributed by atoms with Gasteiger partial charge in [0.05, 0.1) is 6.61 Å². The summed E-state index contributed by atoms with van der Waals surface area (Å²) < 4.78 is 14.4. The molecule has 0 aliphatic heterocycles. The van der Waals surface area contributed by atoms with Gasteiger partial charge in [-0.15, -0.1) is 0 Å². The Morgan fingerprint density at radius 3 is 2.88 bits per heavy atom. The number of rotatable bonds is 5. The maximum absolute atomic E-state index is 11.3. The summed E-state index contributed by atoms with van der Waals surface area (Å²) in [5, 5.41) is 8.69. The van der Waals surface area contributed by atoms with E-state index in [0.29, 0.717) is 0 Å². The fourth-order valence-electron chi connectivity index (χ4n) is 0.966. The summed E-state index contributed by atoms with van der Waals surface area (Å²) in [5.74, 6) is -0.521. The average Bonchev–Trinajstić information content (AvgIpc) is 2.27. The van der Waals surface area contributed by atoms with E-state index in [1.54, 1.807) is 6.92 Å². The minimum absolute atomic E-state index is 0.0924. The van der Waals surface area contributed by atoms with Gasteiger partial charge in [-0.05, 0) is 6.92 Å². The second-order valence-electron chi connectivity index (χ2n) is 2.83. The van der Waals surface area contributed by atoms with Crippen LogP contribution in [0.4, 0.5) is 0 Å². The van der Waals surface area contributed by atoms with E-state index in [-0.39, 0.29) is 31.3 Å². The number of aliphatic hydroxyl groups is 1. The lowest BCUT2D eigenvalue weighted by atomic mass is 10.4. The smallest absolute Gasteiger partial charge is 0.344 e. The van der Waals surface area contributed by atoms with Crippen LogP contribution in [0.2, 0.25) is 0 Å². The largest absolute Gasteiger partial charge is 0.475 e. The molecule has 0 fully saturated rings. The van der Waals surface area contributed by atoms with Gasteiger partial charge in [0, 0.05) is 6.07 Å². The van der Waals surface area contributed by atoms with Crippen LogP contribution in [0.1, 0.15) is 12.7 Å². The molecule has 0 aliphatic carbocycles. The Balaban J connectivity index is 2.61. The number of hydrogen-bond acceptors (Lipinski definition) is 6. The van der Waals surface area contributed by atoms with Gasteiger partial charge in [-0.25, -0.2) is 4.79 Å². The molecule has 0 aromatic carbocycles. The van der Waals surface area contributed by atoms with E-state index in [1.165, 1.54) is 0 Å². The molecule has 1 aromatic heterocycles. The molecule has 1 heterocycles. The Morgan fingerprint density at radius 1 is 1.56 bits per heavy atom. The highest BCUT2D eigenvalue weighted by Crippen LogP contribution is 2.05. The van der Waals surface area contributed by atoms with Gasteiger partial charge >= 0.3 is 5.97 Å². The van der Waals surface area contributed by atoms with Crippen molar-refractivity contribution < 1.29 is 23.8 Å². The van der Waals surface area contributed by atoms with Gasteiger partial charge in [0.25, 0.3) is 0 Å². The van der Waals surface area contributed by atoms with Gasteiger partial charge in [-0.3, -0.25) is 4.79 Å². The molecule has 0 radical (unpaired) electrons. The van der Waals surface area contributed by atoms with E-state index in [1.807, 2.05) is 0 Å². The molecule has 0 amide bonds. The molecule has 0 aliphatic rings. The van der Waals surface area contributed by atoms with Crippen LogP contribution in [0.5, 0.6) is 5.75 Å². The van der Waals surface area contributed by atoms with Crippen molar-refractivity contribution in [2.24, 2.45) is 0 Å². The summed E-state index contributed by atoms with van der Waals surface area (Å²) >= 11 is 0. The standard InChI is InChI=1S/C10H12O6/c1-2-14-10(13)6-16-9-5-15-7(4-11)3-8(9)12/h3,5,11H,2,4,6H2,1H3. The molecule has 0 bridgehead atoms. The lowest BCUT2D eigenvalue weighted by Crippen LogP contribution is -2.17. The van der Waals surface area contributed by atoms with E-state index in [0.717, 1.165) is 12.3 Å². The Bertz CT molecular complexity index is 408. The van der Waals surface area contributed by atoms with Crippen LogP contribution in [-0.2, 0) is 16.1 Å². The highest BCUT2D eigenvalue weighted by atomic mass is 16.6. The third-order valence-electron chi connectivity index (χ3n) is 1.66. The zero-order valence-corrected chi connectivity index (χ0v) is 8.76. The van der Waals surface area contributed by atoms with Crippen molar-refractivity contribution in [3.8, 4) is 5.75 Å². The number of aliphatic hydroxyl groups excluding tert-OH is 1. The second-order valence-corrected chi connectivity index (χ2v) is 2.83. The van der Waals surface area contributed by atoms with Crippen LogP contribution in [-0.4, -0.2) is 24.3 Å². The summed E-state index contributed by atoms with van der Waals surface area (Å²) in [6.07, 6.45) is 1.05. The SMILES string of the molecule is CCOC(=O)COc1coc(CO)cc1=O. The van der Waals surface area contributed by atoms with Gasteiger partial charge < -0.3 is 19.0 Å². The number of esters is 1. The number of ether oxygens (including phenoxy) is 2. The summed E-state index contributed by atoms with van der Waals surface area (Å²) in [6.45, 7) is 1.20. The fourth-order valence-corrected chi connectivity index (χ4v) is 0.966. The van der Waals surface area contributed by atoms with Crippen molar-refractivity contribution >= 4 is 5.97 Å². The molecule has 6 heteroatoms. The highest BCUT2D eigenvalue weighted by molar-refractivity contribution is 5.71. The van der Waals surface area contributed by atoms with Crippen molar-refractivity contribution in [2.75, 3.05) is 13.2 Å². The van der Waals surface area contributed by atoms with E-state index < -0.39 is 11.4 Å². The van der Waals surface area contributed by atoms with Gasteiger partial charge in [0.1, 0.15) is 18.6 Å². The Kier molecular flexibility index (Phi) is 4.53. The minimum atomic E-state index is -0.562. The molecule has 1 N–H and O–H groups in total. The molecule has 88 valence electrons. The summed E-state index contributed by atoms with van der Waals surface area (Å²) in [7, 11) is 0. The molecule has 0 saturated heterocycles. The molecule has 6 nitrogen and oxygen atoms in total. The van der Waals surface area contributed by atoms with Crippen molar-refractivity contribution in [2.45, 2.75) is 13.5 Å². The normalized spacial score (nSPS) is 9.88. The van der Waals surface area contributed by atoms with Crippen molar-refractivity contribution in [1.82, 2.24) is 0 Å². The predicted octanol–water partition coefficient (Wildman–Crippen LogP) is 0.0740. The molecule has 1 aromatic rings. The first-order valence-electron chi connectivity index (χ1n) is 4.68. The molecule has 1 rings (SSSR count). The fraction of sp³-hybridized carbons (Fsp3) is 0.400. The predicted molar refractivity (Wildman–Crippen MR) is 53.0 cm³/mol. The van der Waals surface area contributed by atoms with Crippen molar-refractivity contribution in [1.29, 1.82) is 0 Å². The van der Waals surface area contributed by atoms with Crippen molar-refractivity contribution in [3.05, 3.63) is 28.3 Å². The van der Waals surface area contributed by atoms with Crippen LogP contribution >= 0.6 is 0 Å². The van der Waals surface area contributed by atoms with Crippen LogP contribution in [0.15, 0.2) is 21.5 Å². The van der Waals surface area contributed by atoms with Gasteiger partial charge in [-0.2, -0.15) is 0 Å². The monoisotopic (exact) mass is 228 g/mol. The summed E-state index contributed by atoms with van der Waals surface area (Å²) in [6, 6.07) is 1.10. The van der Waals surface area contributed by atoms with E-state index in [9.17, 15) is 9.59 Å². The van der Waals surface area contributed by atoms with Crippen molar-refractivity contribution in [3.63, 3.8) is 0 Å². The lowest BCUT2D eigenvalue weighted by molar-refractivity contribution is -0.145. The second kappa shape index (κ2) is 5.92. The van der Waals surface area contributed by atoms with Gasteiger partial charge in [-0.1, -0.05) is 0 Å². The number of carbonyl (C=O) groups excluding carboxylic acids is 1. The molecule has 0 unspecified atom stereocenters. The Hall–Kier alpha value is -1.82. The molecular formula is C10H12O6. The van der Waals surface area contributed by atoms with E-state index >= 15 is 0 Å². The average molecular weight is 228 g/mol. The quantitative estimate of drug-likeness (QED) is 0.718. The zero-order chi connectivity index (χ0) is 12.0. The van der Waals surface area contributed by atoms with Crippen LogP contribution in [0.3, 0.4) is 0 Å². The van der Waals surface area contributed by atoms with Gasteiger partial charge in [0.15, 0.2) is 6.61 Å². The first-order valence-corrected chi connectivity index (χ1v) is 4.68. The molecule has 0 saturated carbocycles. The molecule has 0 atom stereocenters. The number of carbonyl (C=O) groups is 1. The summed E-state index contributed by atoms with van der Waals surface area (Å²) in [5.41, 5.74) is -0.459. The van der Waals surface area contributed by atoms with Crippen LogP contribution in [0, 0.1) is 0 Å². The lowest BCUT2D eigenvalue weighted by Gasteiger charge is -2.04. The molecule has 16 heavy (non-hydrogen) atoms. The maximum atomic E-state index is 11.3. The van der Waals surface area contributed by atoms with Crippen LogP contribution < -0.4 is 10.2 Å². The Morgan fingerprint density at radius 2 is 2.31 bits per heavy atom. The summed E-state index contributed by atoms with van der Waals surface area (Å²) in [4.78, 5) is 22.3. The molecule has 0 spiro atoms. The third kappa shape index (κ3) is 3.39. The van der Waals surface area contributed by atoms with Gasteiger partial charge in [0.2, 0.25) is 11.2 Å². The third-order valence-corrected chi connectivity index (χ3v) is 1.66. The minimum Gasteiger partial charge on any atom is -0.475 e. The highest BCUT2D eigenvalue weighted by Gasteiger charge is 2.07. The van der Waals surface area contributed by atoms with E-state index in [2.05, 4.69) is 4.74 Å². The molecular weight excluding hydrogens is 216 g/mol. The zero-order valence-electron chi connectivity index (χ0n) is 8.76. The first-order chi connectivity index (χ1) is 7.67. The first kappa shape index (κ1) is 12.3. The maximum Gasteiger partial charge on any atom is 0.344 e. The topological polar surface area (TPSA) is 86.0 Å². The van der Waals surface area contributed by atoms with E-state index in [4.69, 9.17) is 14.3 Å².